The van der Waals surface area contributed by atoms with E-state index < -0.39 is 5.54 Å². The first-order chi connectivity index (χ1) is 15.0. The van der Waals surface area contributed by atoms with Gasteiger partial charge in [-0.25, -0.2) is 4.39 Å². The van der Waals surface area contributed by atoms with Gasteiger partial charge in [0.15, 0.2) is 0 Å². The van der Waals surface area contributed by atoms with Crippen molar-refractivity contribution in [1.29, 1.82) is 0 Å². The summed E-state index contributed by atoms with van der Waals surface area (Å²) in [6.45, 7) is 3.66. The summed E-state index contributed by atoms with van der Waals surface area (Å²) in [6.07, 6.45) is 8.34. The second kappa shape index (κ2) is 8.00. The first-order valence-corrected chi connectivity index (χ1v) is 11.1. The number of carbonyl (C=O) groups excluding carboxylic acids is 1. The van der Waals surface area contributed by atoms with Crippen molar-refractivity contribution in [1.82, 2.24) is 14.9 Å². The first kappa shape index (κ1) is 20.1. The summed E-state index contributed by atoms with van der Waals surface area (Å²) in [5.74, 6) is 0.224. The number of piperidine rings is 1. The fourth-order valence-electron chi connectivity index (χ4n) is 5.18. The smallest absolute Gasteiger partial charge is 0.244 e. The van der Waals surface area contributed by atoms with E-state index in [1.54, 1.807) is 18.3 Å². The molecule has 31 heavy (non-hydrogen) atoms. The number of hydrogen-bond donors (Lipinski definition) is 1. The molecule has 160 valence electrons. The van der Waals surface area contributed by atoms with Gasteiger partial charge in [-0.15, -0.1) is 0 Å². The normalized spacial score (nSPS) is 19.2. The highest BCUT2D eigenvalue weighted by Gasteiger charge is 2.49. The molecule has 2 fully saturated rings. The predicted octanol–water partition coefficient (Wildman–Crippen LogP) is 4.82. The summed E-state index contributed by atoms with van der Waals surface area (Å²) in [5.41, 5.74) is 3.30. The van der Waals surface area contributed by atoms with Crippen molar-refractivity contribution in [3.63, 3.8) is 0 Å². The van der Waals surface area contributed by atoms with Crippen LogP contribution in [-0.2, 0) is 4.79 Å². The van der Waals surface area contributed by atoms with E-state index in [1.807, 2.05) is 31.3 Å². The number of halogens is 1. The predicted molar refractivity (Wildman–Crippen MR) is 119 cm³/mol. The number of aromatic nitrogens is 2. The van der Waals surface area contributed by atoms with Crippen LogP contribution in [0, 0.1) is 12.7 Å². The Labute approximate surface area is 181 Å². The third-order valence-corrected chi connectivity index (χ3v) is 7.04. The SMILES string of the molecule is Cc1cc(NC(=O)C2(N3CCC(c4ccnc5ccc(F)cc45)CC3)CCC2)ccn1. The van der Waals surface area contributed by atoms with Crippen molar-refractivity contribution in [2.45, 2.75) is 50.5 Å². The van der Waals surface area contributed by atoms with Crippen LogP contribution in [0.5, 0.6) is 0 Å². The summed E-state index contributed by atoms with van der Waals surface area (Å²) < 4.78 is 13.9. The van der Waals surface area contributed by atoms with E-state index in [0.29, 0.717) is 5.92 Å². The zero-order chi connectivity index (χ0) is 21.4. The Kier molecular flexibility index (Phi) is 5.18. The molecular formula is C25H27FN4O. The van der Waals surface area contributed by atoms with E-state index in [2.05, 4.69) is 20.2 Å². The molecule has 1 aromatic carbocycles. The number of rotatable bonds is 4. The molecule has 2 aromatic heterocycles. The number of hydrogen-bond acceptors (Lipinski definition) is 4. The number of pyridine rings is 2. The topological polar surface area (TPSA) is 58.1 Å². The monoisotopic (exact) mass is 418 g/mol. The van der Waals surface area contributed by atoms with E-state index in [1.165, 1.54) is 11.6 Å². The fourth-order valence-corrected chi connectivity index (χ4v) is 5.18. The maximum Gasteiger partial charge on any atom is 0.244 e. The highest BCUT2D eigenvalue weighted by molar-refractivity contribution is 5.98. The molecular weight excluding hydrogens is 391 g/mol. The highest BCUT2D eigenvalue weighted by atomic mass is 19.1. The van der Waals surface area contributed by atoms with Gasteiger partial charge in [-0.2, -0.15) is 0 Å². The number of amides is 1. The van der Waals surface area contributed by atoms with Crippen LogP contribution in [-0.4, -0.2) is 39.4 Å². The van der Waals surface area contributed by atoms with Crippen molar-refractivity contribution in [3.8, 4) is 0 Å². The molecule has 5 nitrogen and oxygen atoms in total. The van der Waals surface area contributed by atoms with E-state index in [0.717, 1.165) is 67.5 Å². The van der Waals surface area contributed by atoms with E-state index in [9.17, 15) is 9.18 Å². The summed E-state index contributed by atoms with van der Waals surface area (Å²) in [6, 6.07) is 10.6. The lowest BCUT2D eigenvalue weighted by Crippen LogP contribution is -2.62. The Morgan fingerprint density at radius 2 is 1.87 bits per heavy atom. The lowest BCUT2D eigenvalue weighted by molar-refractivity contribution is -0.135. The van der Waals surface area contributed by atoms with Gasteiger partial charge < -0.3 is 5.32 Å². The van der Waals surface area contributed by atoms with Crippen LogP contribution >= 0.6 is 0 Å². The van der Waals surface area contributed by atoms with Crippen LogP contribution < -0.4 is 5.32 Å². The van der Waals surface area contributed by atoms with Crippen LogP contribution in [0.2, 0.25) is 0 Å². The fraction of sp³-hybridized carbons (Fsp3) is 0.400. The maximum absolute atomic E-state index is 13.9. The third kappa shape index (κ3) is 3.69. The summed E-state index contributed by atoms with van der Waals surface area (Å²) >= 11 is 0. The second-order valence-electron chi connectivity index (χ2n) is 8.85. The molecule has 3 aromatic rings. The number of carbonyl (C=O) groups is 1. The molecule has 0 atom stereocenters. The van der Waals surface area contributed by atoms with Gasteiger partial charge in [-0.1, -0.05) is 0 Å². The number of nitrogens with one attached hydrogen (secondary N) is 1. The third-order valence-electron chi connectivity index (χ3n) is 7.04. The molecule has 3 heterocycles. The van der Waals surface area contributed by atoms with Gasteiger partial charge in [0.2, 0.25) is 5.91 Å². The van der Waals surface area contributed by atoms with E-state index in [4.69, 9.17) is 0 Å². The second-order valence-corrected chi connectivity index (χ2v) is 8.85. The Morgan fingerprint density at radius 1 is 1.10 bits per heavy atom. The molecule has 1 saturated carbocycles. The summed E-state index contributed by atoms with van der Waals surface area (Å²) in [7, 11) is 0. The van der Waals surface area contributed by atoms with Gasteiger partial charge in [0, 0.05) is 29.2 Å². The summed E-state index contributed by atoms with van der Waals surface area (Å²) in [5, 5.41) is 4.03. The standard InChI is InChI=1S/C25H27FN4O/c1-17-15-20(5-11-27-17)29-24(31)25(9-2-10-25)30-13-7-18(8-14-30)21-6-12-28-23-4-3-19(26)16-22(21)23/h3-6,11-12,15-16,18H,2,7-10,13-14H2,1H3,(H,27,29,31). The summed E-state index contributed by atoms with van der Waals surface area (Å²) in [4.78, 5) is 24.2. The molecule has 0 unspecified atom stereocenters. The molecule has 0 radical (unpaired) electrons. The molecule has 0 spiro atoms. The van der Waals surface area contributed by atoms with Gasteiger partial charge in [-0.3, -0.25) is 19.7 Å². The molecule has 1 aliphatic carbocycles. The van der Waals surface area contributed by atoms with Crippen LogP contribution in [0.15, 0.2) is 48.8 Å². The Bertz CT molecular complexity index is 1120. The van der Waals surface area contributed by atoms with Crippen LogP contribution in [0.25, 0.3) is 10.9 Å². The molecule has 1 N–H and O–H groups in total. The number of fused-ring (bicyclic) bond motifs is 1. The molecule has 1 amide bonds. The highest BCUT2D eigenvalue weighted by Crippen LogP contribution is 2.43. The Morgan fingerprint density at radius 3 is 2.58 bits per heavy atom. The van der Waals surface area contributed by atoms with Gasteiger partial charge in [0.25, 0.3) is 0 Å². The minimum atomic E-state index is -0.408. The van der Waals surface area contributed by atoms with E-state index in [-0.39, 0.29) is 11.7 Å². The minimum absolute atomic E-state index is 0.0965. The van der Waals surface area contributed by atoms with Crippen molar-refractivity contribution in [3.05, 3.63) is 65.9 Å². The van der Waals surface area contributed by atoms with Crippen molar-refractivity contribution in [2.75, 3.05) is 18.4 Å². The van der Waals surface area contributed by atoms with Crippen LogP contribution in [0.1, 0.15) is 49.3 Å². The van der Waals surface area contributed by atoms with Crippen molar-refractivity contribution in [2.24, 2.45) is 0 Å². The van der Waals surface area contributed by atoms with Gasteiger partial charge in [0.05, 0.1) is 5.52 Å². The molecule has 1 aliphatic heterocycles. The average molecular weight is 419 g/mol. The van der Waals surface area contributed by atoms with Crippen LogP contribution in [0.3, 0.4) is 0 Å². The minimum Gasteiger partial charge on any atom is -0.324 e. The van der Waals surface area contributed by atoms with Crippen molar-refractivity contribution >= 4 is 22.5 Å². The maximum atomic E-state index is 13.9. The molecule has 2 aliphatic rings. The Balaban J connectivity index is 1.31. The zero-order valence-electron chi connectivity index (χ0n) is 17.8. The molecule has 1 saturated heterocycles. The number of aryl methyl sites for hydroxylation is 1. The number of benzene rings is 1. The van der Waals surface area contributed by atoms with Crippen LogP contribution in [0.4, 0.5) is 10.1 Å². The van der Waals surface area contributed by atoms with Gasteiger partial charge in [-0.05, 0) is 100.0 Å². The quantitative estimate of drug-likeness (QED) is 0.660. The van der Waals surface area contributed by atoms with E-state index >= 15 is 0 Å². The molecule has 5 rings (SSSR count). The Hall–Kier alpha value is -2.86. The number of nitrogens with zero attached hydrogens (tertiary/aromatic N) is 3. The number of anilines is 1. The van der Waals surface area contributed by atoms with Gasteiger partial charge >= 0.3 is 0 Å². The largest absolute Gasteiger partial charge is 0.324 e. The zero-order valence-corrected chi connectivity index (χ0v) is 17.8. The first-order valence-electron chi connectivity index (χ1n) is 11.1. The molecule has 0 bridgehead atoms. The number of likely N-dealkylation sites (tertiary alicyclic amines) is 1. The lowest BCUT2D eigenvalue weighted by atomic mass is 9.72. The molecule has 6 heteroatoms. The lowest BCUT2D eigenvalue weighted by Gasteiger charge is -2.51. The average Bonchev–Trinajstić information content (AvgIpc) is 2.73. The van der Waals surface area contributed by atoms with Gasteiger partial charge in [0.1, 0.15) is 11.4 Å². The van der Waals surface area contributed by atoms with Crippen molar-refractivity contribution < 1.29 is 9.18 Å².